The molecule has 0 spiro atoms. The summed E-state index contributed by atoms with van der Waals surface area (Å²) in [4.78, 5) is 17.4. The minimum atomic E-state index is -2.42. The van der Waals surface area contributed by atoms with Crippen LogP contribution in [-0.2, 0) is 11.2 Å². The number of thiazole rings is 1. The van der Waals surface area contributed by atoms with E-state index >= 15 is 0 Å². The van der Waals surface area contributed by atoms with Crippen LogP contribution in [0.15, 0.2) is 0 Å². The quantitative estimate of drug-likeness (QED) is 0.901. The fraction of sp³-hybridized carbons (Fsp3) is 0.600. The van der Waals surface area contributed by atoms with Gasteiger partial charge in [-0.2, -0.15) is 0 Å². The number of carboxylic acids is 1. The van der Waals surface area contributed by atoms with Gasteiger partial charge >= 0.3 is 5.97 Å². The minimum Gasteiger partial charge on any atom is -0.481 e. The molecule has 1 aliphatic carbocycles. The largest absolute Gasteiger partial charge is 0.481 e. The SMILES string of the molecule is CN(CC(F)F)c1nc2c(s1)CCC2C(=O)O. The Morgan fingerprint density at radius 2 is 2.41 bits per heavy atom. The summed E-state index contributed by atoms with van der Waals surface area (Å²) in [6, 6.07) is 0. The maximum absolute atomic E-state index is 12.2. The molecule has 17 heavy (non-hydrogen) atoms. The van der Waals surface area contributed by atoms with Crippen molar-refractivity contribution in [3.8, 4) is 0 Å². The number of hydrogen-bond acceptors (Lipinski definition) is 4. The van der Waals surface area contributed by atoms with E-state index < -0.39 is 18.3 Å². The Bertz CT molecular complexity index is 436. The second kappa shape index (κ2) is 4.56. The summed E-state index contributed by atoms with van der Waals surface area (Å²) in [6.45, 7) is -0.385. The highest BCUT2D eigenvalue weighted by Crippen LogP contribution is 2.39. The van der Waals surface area contributed by atoms with Gasteiger partial charge in [-0.3, -0.25) is 4.79 Å². The molecule has 2 rings (SSSR count). The maximum Gasteiger partial charge on any atom is 0.312 e. The van der Waals surface area contributed by atoms with Crippen LogP contribution in [0, 0.1) is 0 Å². The fourth-order valence-electron chi connectivity index (χ4n) is 1.90. The summed E-state index contributed by atoms with van der Waals surface area (Å²) < 4.78 is 24.4. The van der Waals surface area contributed by atoms with Crippen molar-refractivity contribution in [2.75, 3.05) is 18.5 Å². The summed E-state index contributed by atoms with van der Waals surface area (Å²) in [5, 5.41) is 9.46. The molecule has 0 amide bonds. The highest BCUT2D eigenvalue weighted by Gasteiger charge is 2.33. The molecule has 1 N–H and O–H groups in total. The Balaban J connectivity index is 2.18. The van der Waals surface area contributed by atoms with Gasteiger partial charge in [0.2, 0.25) is 0 Å². The molecule has 1 heterocycles. The molecule has 0 radical (unpaired) electrons. The normalized spacial score (nSPS) is 18.5. The maximum atomic E-state index is 12.2. The van der Waals surface area contributed by atoms with Crippen LogP contribution in [0.5, 0.6) is 0 Å². The molecule has 0 saturated heterocycles. The third-order valence-electron chi connectivity index (χ3n) is 2.74. The second-order valence-electron chi connectivity index (χ2n) is 4.01. The summed E-state index contributed by atoms with van der Waals surface area (Å²) in [6.07, 6.45) is -1.19. The summed E-state index contributed by atoms with van der Waals surface area (Å²) in [7, 11) is 1.54. The molecule has 1 aromatic heterocycles. The van der Waals surface area contributed by atoms with Crippen molar-refractivity contribution in [1.29, 1.82) is 0 Å². The number of anilines is 1. The van der Waals surface area contributed by atoms with Crippen LogP contribution in [0.25, 0.3) is 0 Å². The molecule has 0 aromatic carbocycles. The van der Waals surface area contributed by atoms with Crippen molar-refractivity contribution in [3.05, 3.63) is 10.6 Å². The van der Waals surface area contributed by atoms with E-state index in [9.17, 15) is 13.6 Å². The lowest BCUT2D eigenvalue weighted by Crippen LogP contribution is -2.24. The number of alkyl halides is 2. The molecule has 0 fully saturated rings. The van der Waals surface area contributed by atoms with Crippen molar-refractivity contribution < 1.29 is 18.7 Å². The predicted molar refractivity (Wildman–Crippen MR) is 60.1 cm³/mol. The van der Waals surface area contributed by atoms with Crippen LogP contribution in [0.1, 0.15) is 22.9 Å². The van der Waals surface area contributed by atoms with Crippen molar-refractivity contribution in [1.82, 2.24) is 4.98 Å². The highest BCUT2D eigenvalue weighted by molar-refractivity contribution is 7.15. The zero-order valence-corrected chi connectivity index (χ0v) is 10.0. The average Bonchev–Trinajstić information content (AvgIpc) is 2.72. The number of fused-ring (bicyclic) bond motifs is 1. The molecule has 1 aliphatic rings. The van der Waals surface area contributed by atoms with Crippen LogP contribution < -0.4 is 4.90 Å². The smallest absolute Gasteiger partial charge is 0.312 e. The Labute approximate surface area is 101 Å². The number of rotatable bonds is 4. The van der Waals surface area contributed by atoms with E-state index in [1.807, 2.05) is 0 Å². The standard InChI is InChI=1S/C10H12F2N2O2S/c1-14(4-7(11)12)10-13-8-5(9(15)16)2-3-6(8)17-10/h5,7H,2-4H2,1H3,(H,15,16). The first kappa shape index (κ1) is 12.2. The van der Waals surface area contributed by atoms with Crippen molar-refractivity contribution in [3.63, 3.8) is 0 Å². The van der Waals surface area contributed by atoms with Crippen molar-refractivity contribution in [2.24, 2.45) is 0 Å². The van der Waals surface area contributed by atoms with Crippen molar-refractivity contribution >= 4 is 22.4 Å². The Kier molecular flexibility index (Phi) is 3.28. The molecule has 94 valence electrons. The van der Waals surface area contributed by atoms with E-state index in [1.54, 1.807) is 0 Å². The summed E-state index contributed by atoms with van der Waals surface area (Å²) in [5.74, 6) is -1.47. The van der Waals surface area contributed by atoms with Gasteiger partial charge in [0.15, 0.2) is 5.13 Å². The van der Waals surface area contributed by atoms with E-state index in [0.717, 1.165) is 4.88 Å². The third kappa shape index (κ3) is 2.38. The Morgan fingerprint density at radius 3 is 3.00 bits per heavy atom. The van der Waals surface area contributed by atoms with Gasteiger partial charge in [-0.25, -0.2) is 13.8 Å². The predicted octanol–water partition coefficient (Wildman–Crippen LogP) is 1.96. The van der Waals surface area contributed by atoms with Gasteiger partial charge in [0, 0.05) is 11.9 Å². The second-order valence-corrected chi connectivity index (χ2v) is 5.07. The molecular formula is C10H12F2N2O2S. The molecule has 0 bridgehead atoms. The number of halogens is 2. The first-order valence-corrected chi connectivity index (χ1v) is 6.02. The molecule has 0 saturated carbocycles. The number of hydrogen-bond donors (Lipinski definition) is 1. The zero-order valence-electron chi connectivity index (χ0n) is 9.19. The molecule has 0 aliphatic heterocycles. The number of aliphatic carboxylic acids is 1. The van der Waals surface area contributed by atoms with E-state index in [0.29, 0.717) is 23.7 Å². The highest BCUT2D eigenvalue weighted by atomic mass is 32.1. The lowest BCUT2D eigenvalue weighted by molar-refractivity contribution is -0.138. The zero-order chi connectivity index (χ0) is 12.6. The van der Waals surface area contributed by atoms with Crippen LogP contribution >= 0.6 is 11.3 Å². The van der Waals surface area contributed by atoms with Gasteiger partial charge < -0.3 is 10.0 Å². The fourth-order valence-corrected chi connectivity index (χ4v) is 3.01. The van der Waals surface area contributed by atoms with Gasteiger partial charge in [0.1, 0.15) is 5.92 Å². The number of carboxylic acid groups (broad SMARTS) is 1. The van der Waals surface area contributed by atoms with Gasteiger partial charge in [-0.1, -0.05) is 0 Å². The lowest BCUT2D eigenvalue weighted by atomic mass is 10.1. The lowest BCUT2D eigenvalue weighted by Gasteiger charge is -2.14. The molecule has 1 atom stereocenters. The van der Waals surface area contributed by atoms with Crippen LogP contribution in [0.4, 0.5) is 13.9 Å². The van der Waals surface area contributed by atoms with Gasteiger partial charge in [0.25, 0.3) is 6.43 Å². The summed E-state index contributed by atoms with van der Waals surface area (Å²) in [5.41, 5.74) is 0.554. The number of aryl methyl sites for hydroxylation is 1. The number of nitrogens with zero attached hydrogens (tertiary/aromatic N) is 2. The van der Waals surface area contributed by atoms with Gasteiger partial charge in [-0.05, 0) is 12.8 Å². The van der Waals surface area contributed by atoms with E-state index in [2.05, 4.69) is 4.98 Å². The van der Waals surface area contributed by atoms with Gasteiger partial charge in [0.05, 0.1) is 12.2 Å². The summed E-state index contributed by atoms with van der Waals surface area (Å²) >= 11 is 1.31. The number of aromatic nitrogens is 1. The third-order valence-corrected chi connectivity index (χ3v) is 3.99. The first-order chi connectivity index (χ1) is 7.99. The Morgan fingerprint density at radius 1 is 1.71 bits per heavy atom. The Hall–Kier alpha value is -1.24. The molecular weight excluding hydrogens is 250 g/mol. The number of carbonyl (C=O) groups is 1. The minimum absolute atomic E-state index is 0.385. The van der Waals surface area contributed by atoms with E-state index in [4.69, 9.17) is 5.11 Å². The topological polar surface area (TPSA) is 53.4 Å². The van der Waals surface area contributed by atoms with Crippen LogP contribution in [-0.4, -0.2) is 36.1 Å². The molecule has 7 heteroatoms. The molecule has 4 nitrogen and oxygen atoms in total. The van der Waals surface area contributed by atoms with Crippen molar-refractivity contribution in [2.45, 2.75) is 25.2 Å². The molecule has 1 unspecified atom stereocenters. The van der Waals surface area contributed by atoms with E-state index in [1.165, 1.54) is 23.3 Å². The first-order valence-electron chi connectivity index (χ1n) is 5.20. The average molecular weight is 262 g/mol. The monoisotopic (exact) mass is 262 g/mol. The molecule has 1 aromatic rings. The van der Waals surface area contributed by atoms with Gasteiger partial charge in [-0.15, -0.1) is 11.3 Å². The van der Waals surface area contributed by atoms with Crippen LogP contribution in [0.3, 0.4) is 0 Å². The van der Waals surface area contributed by atoms with E-state index in [-0.39, 0.29) is 6.54 Å². The van der Waals surface area contributed by atoms with Crippen LogP contribution in [0.2, 0.25) is 0 Å².